The van der Waals surface area contributed by atoms with Crippen LogP contribution in [0.4, 0.5) is 8.78 Å². The summed E-state index contributed by atoms with van der Waals surface area (Å²) in [6.07, 6.45) is 0. The quantitative estimate of drug-likeness (QED) is 0.882. The minimum absolute atomic E-state index is 0.0549. The fraction of sp³-hybridized carbons (Fsp3) is 0.200. The Kier molecular flexibility index (Phi) is 4.32. The standard InChI is InChI=1S/C15H15F2NO2/c16-13-7-6-12(8-14(13)17)20-10-15(19,9-18)11-4-2-1-3-5-11/h1-8,19H,9-10,18H2. The normalized spacial score (nSPS) is 13.8. The van der Waals surface area contributed by atoms with Gasteiger partial charge in [0.25, 0.3) is 0 Å². The fourth-order valence-electron chi connectivity index (χ4n) is 1.78. The number of rotatable bonds is 5. The molecule has 0 aliphatic heterocycles. The molecule has 2 aromatic rings. The number of benzene rings is 2. The second-order valence-electron chi connectivity index (χ2n) is 4.47. The van der Waals surface area contributed by atoms with Crippen LogP contribution in [-0.4, -0.2) is 18.3 Å². The zero-order valence-electron chi connectivity index (χ0n) is 10.7. The summed E-state index contributed by atoms with van der Waals surface area (Å²) in [5.41, 5.74) is 4.81. The van der Waals surface area contributed by atoms with Gasteiger partial charge in [0.2, 0.25) is 0 Å². The maximum Gasteiger partial charge on any atom is 0.162 e. The zero-order chi connectivity index (χ0) is 14.6. The average molecular weight is 279 g/mol. The molecule has 0 aliphatic rings. The molecular weight excluding hydrogens is 264 g/mol. The lowest BCUT2D eigenvalue weighted by Crippen LogP contribution is -2.40. The van der Waals surface area contributed by atoms with Crippen LogP contribution in [0.25, 0.3) is 0 Å². The number of hydrogen-bond donors (Lipinski definition) is 2. The highest BCUT2D eigenvalue weighted by Gasteiger charge is 2.28. The maximum atomic E-state index is 13.1. The van der Waals surface area contributed by atoms with Gasteiger partial charge in [0.1, 0.15) is 18.0 Å². The van der Waals surface area contributed by atoms with Gasteiger partial charge >= 0.3 is 0 Å². The average Bonchev–Trinajstić information content (AvgIpc) is 2.49. The predicted molar refractivity (Wildman–Crippen MR) is 71.2 cm³/mol. The zero-order valence-corrected chi connectivity index (χ0v) is 10.7. The van der Waals surface area contributed by atoms with Crippen molar-refractivity contribution in [3.05, 3.63) is 65.7 Å². The molecule has 1 unspecified atom stereocenters. The molecule has 3 nitrogen and oxygen atoms in total. The molecule has 0 amide bonds. The van der Waals surface area contributed by atoms with Crippen molar-refractivity contribution in [3.8, 4) is 5.75 Å². The van der Waals surface area contributed by atoms with Crippen LogP contribution < -0.4 is 10.5 Å². The molecule has 1 atom stereocenters. The second-order valence-corrected chi connectivity index (χ2v) is 4.47. The largest absolute Gasteiger partial charge is 0.490 e. The SMILES string of the molecule is NCC(O)(COc1ccc(F)c(F)c1)c1ccccc1. The summed E-state index contributed by atoms with van der Waals surface area (Å²) in [7, 11) is 0. The first-order chi connectivity index (χ1) is 9.55. The summed E-state index contributed by atoms with van der Waals surface area (Å²) in [6.45, 7) is -0.209. The van der Waals surface area contributed by atoms with Crippen molar-refractivity contribution in [1.29, 1.82) is 0 Å². The Hall–Kier alpha value is -1.98. The van der Waals surface area contributed by atoms with E-state index >= 15 is 0 Å². The van der Waals surface area contributed by atoms with E-state index in [1.807, 2.05) is 6.07 Å². The Labute approximate surface area is 115 Å². The van der Waals surface area contributed by atoms with Crippen LogP contribution in [0.15, 0.2) is 48.5 Å². The maximum absolute atomic E-state index is 13.1. The lowest BCUT2D eigenvalue weighted by molar-refractivity contribution is -0.00156. The molecule has 0 heterocycles. The fourth-order valence-corrected chi connectivity index (χ4v) is 1.78. The van der Waals surface area contributed by atoms with E-state index < -0.39 is 17.2 Å². The Bertz CT molecular complexity index is 577. The molecule has 0 fully saturated rings. The molecule has 106 valence electrons. The number of hydrogen-bond acceptors (Lipinski definition) is 3. The molecule has 0 saturated heterocycles. The molecule has 0 spiro atoms. The monoisotopic (exact) mass is 279 g/mol. The molecule has 20 heavy (non-hydrogen) atoms. The van der Waals surface area contributed by atoms with Gasteiger partial charge < -0.3 is 15.6 Å². The summed E-state index contributed by atoms with van der Waals surface area (Å²) in [6, 6.07) is 12.0. The summed E-state index contributed by atoms with van der Waals surface area (Å²) < 4.78 is 31.2. The van der Waals surface area contributed by atoms with Gasteiger partial charge in [0, 0.05) is 12.6 Å². The van der Waals surface area contributed by atoms with E-state index in [0.717, 1.165) is 12.1 Å². The van der Waals surface area contributed by atoms with E-state index in [-0.39, 0.29) is 18.9 Å². The Balaban J connectivity index is 2.13. The lowest BCUT2D eigenvalue weighted by Gasteiger charge is -2.27. The molecule has 5 heteroatoms. The van der Waals surface area contributed by atoms with Crippen molar-refractivity contribution < 1.29 is 18.6 Å². The highest BCUT2D eigenvalue weighted by molar-refractivity contribution is 5.26. The minimum Gasteiger partial charge on any atom is -0.490 e. The van der Waals surface area contributed by atoms with E-state index in [4.69, 9.17) is 10.5 Å². The van der Waals surface area contributed by atoms with Crippen LogP contribution in [-0.2, 0) is 5.60 Å². The van der Waals surface area contributed by atoms with Gasteiger partial charge in [0.15, 0.2) is 11.6 Å². The molecule has 0 aromatic heterocycles. The smallest absolute Gasteiger partial charge is 0.162 e. The van der Waals surface area contributed by atoms with Gasteiger partial charge in [-0.05, 0) is 17.7 Å². The first-order valence-electron chi connectivity index (χ1n) is 6.11. The highest BCUT2D eigenvalue weighted by Crippen LogP contribution is 2.22. The number of aliphatic hydroxyl groups is 1. The van der Waals surface area contributed by atoms with Gasteiger partial charge in [-0.15, -0.1) is 0 Å². The summed E-state index contributed by atoms with van der Waals surface area (Å²) in [5, 5.41) is 10.5. The molecule has 0 aliphatic carbocycles. The topological polar surface area (TPSA) is 55.5 Å². The molecule has 0 saturated carbocycles. The lowest BCUT2D eigenvalue weighted by atomic mass is 9.95. The third-order valence-corrected chi connectivity index (χ3v) is 3.02. The van der Waals surface area contributed by atoms with Crippen molar-refractivity contribution in [3.63, 3.8) is 0 Å². The first-order valence-corrected chi connectivity index (χ1v) is 6.11. The van der Waals surface area contributed by atoms with Crippen LogP contribution in [0.5, 0.6) is 5.75 Å². The van der Waals surface area contributed by atoms with Crippen molar-refractivity contribution >= 4 is 0 Å². The van der Waals surface area contributed by atoms with E-state index in [1.165, 1.54) is 6.07 Å². The van der Waals surface area contributed by atoms with E-state index in [0.29, 0.717) is 5.56 Å². The van der Waals surface area contributed by atoms with Crippen molar-refractivity contribution in [2.75, 3.05) is 13.2 Å². The second kappa shape index (κ2) is 5.98. The predicted octanol–water partition coefficient (Wildman–Crippen LogP) is 2.19. The summed E-state index contributed by atoms with van der Waals surface area (Å²) >= 11 is 0. The van der Waals surface area contributed by atoms with Crippen LogP contribution in [0.2, 0.25) is 0 Å². The molecule has 0 radical (unpaired) electrons. The van der Waals surface area contributed by atoms with Crippen LogP contribution in [0, 0.1) is 11.6 Å². The van der Waals surface area contributed by atoms with E-state index in [9.17, 15) is 13.9 Å². The van der Waals surface area contributed by atoms with Crippen molar-refractivity contribution in [2.45, 2.75) is 5.60 Å². The Morgan fingerprint density at radius 2 is 1.75 bits per heavy atom. The highest BCUT2D eigenvalue weighted by atomic mass is 19.2. The van der Waals surface area contributed by atoms with Gasteiger partial charge in [-0.3, -0.25) is 0 Å². The minimum atomic E-state index is -1.38. The van der Waals surface area contributed by atoms with Gasteiger partial charge in [0.05, 0.1) is 0 Å². The first kappa shape index (κ1) is 14.4. The Morgan fingerprint density at radius 3 is 2.35 bits per heavy atom. The summed E-state index contributed by atoms with van der Waals surface area (Å²) in [5.74, 6) is -1.82. The number of nitrogens with two attached hydrogens (primary N) is 1. The third-order valence-electron chi connectivity index (χ3n) is 3.02. The van der Waals surface area contributed by atoms with Crippen molar-refractivity contribution in [1.82, 2.24) is 0 Å². The van der Waals surface area contributed by atoms with Gasteiger partial charge in [-0.2, -0.15) is 0 Å². The Morgan fingerprint density at radius 1 is 1.05 bits per heavy atom. The third kappa shape index (κ3) is 3.12. The number of ether oxygens (including phenoxy) is 1. The molecule has 2 rings (SSSR count). The van der Waals surface area contributed by atoms with Crippen LogP contribution in [0.3, 0.4) is 0 Å². The van der Waals surface area contributed by atoms with Crippen LogP contribution in [0.1, 0.15) is 5.56 Å². The summed E-state index contributed by atoms with van der Waals surface area (Å²) in [4.78, 5) is 0. The molecule has 2 aromatic carbocycles. The van der Waals surface area contributed by atoms with Gasteiger partial charge in [-0.25, -0.2) is 8.78 Å². The van der Waals surface area contributed by atoms with E-state index in [2.05, 4.69) is 0 Å². The number of halogens is 2. The molecule has 0 bridgehead atoms. The molecular formula is C15H15F2NO2. The van der Waals surface area contributed by atoms with Gasteiger partial charge in [-0.1, -0.05) is 30.3 Å². The van der Waals surface area contributed by atoms with Crippen molar-refractivity contribution in [2.24, 2.45) is 5.73 Å². The van der Waals surface area contributed by atoms with E-state index in [1.54, 1.807) is 24.3 Å². The molecule has 3 N–H and O–H groups in total. The van der Waals surface area contributed by atoms with Crippen LogP contribution >= 0.6 is 0 Å².